The molecule has 2 aliphatic rings. The second-order valence-electron chi connectivity index (χ2n) is 10.9. The Bertz CT molecular complexity index is 1230. The van der Waals surface area contributed by atoms with Gasteiger partial charge in [0.05, 0.1) is 29.7 Å². The summed E-state index contributed by atoms with van der Waals surface area (Å²) in [7, 11) is 1.54. The Balaban J connectivity index is 1.71. The lowest BCUT2D eigenvalue weighted by Gasteiger charge is -2.41. The van der Waals surface area contributed by atoms with Crippen LogP contribution in [0.4, 0.5) is 0 Å². The number of aliphatic hydroxyl groups is 1. The van der Waals surface area contributed by atoms with E-state index in [1.54, 1.807) is 33.0 Å². The first-order valence-electron chi connectivity index (χ1n) is 13.8. The largest absolute Gasteiger partial charge is 0.507 e. The SMILES string of the molecule is C[C@@H]1[C@H](NC(=O)c2ccccc2O)C(=O)N[C@@H](Cc2ccccc2)[C@@H](O)[C@@H](C)C(=O)NC(C2CCC2)C(=O)N1C. The van der Waals surface area contributed by atoms with Gasteiger partial charge in [0.2, 0.25) is 17.7 Å². The summed E-state index contributed by atoms with van der Waals surface area (Å²) >= 11 is 0. The number of nitrogens with one attached hydrogen (secondary N) is 3. The topological polar surface area (TPSA) is 148 Å². The first-order chi connectivity index (χ1) is 19.1. The van der Waals surface area contributed by atoms with Crippen molar-refractivity contribution in [1.82, 2.24) is 20.9 Å². The number of rotatable bonds is 5. The number of nitrogens with zero attached hydrogens (tertiary/aromatic N) is 1. The van der Waals surface area contributed by atoms with Gasteiger partial charge >= 0.3 is 0 Å². The van der Waals surface area contributed by atoms with Crippen LogP contribution in [0.5, 0.6) is 5.75 Å². The molecule has 1 saturated carbocycles. The summed E-state index contributed by atoms with van der Waals surface area (Å²) in [6.07, 6.45) is 1.47. The number of aromatic hydroxyl groups is 1. The van der Waals surface area contributed by atoms with Gasteiger partial charge in [-0.1, -0.05) is 55.8 Å². The molecule has 10 nitrogen and oxygen atoms in total. The lowest BCUT2D eigenvalue weighted by molar-refractivity contribution is -0.144. The Kier molecular flexibility index (Phi) is 9.09. The van der Waals surface area contributed by atoms with Crippen LogP contribution < -0.4 is 16.0 Å². The van der Waals surface area contributed by atoms with E-state index in [-0.39, 0.29) is 29.6 Å². The lowest BCUT2D eigenvalue weighted by Crippen LogP contribution is -2.65. The van der Waals surface area contributed by atoms with Crippen molar-refractivity contribution < 1.29 is 29.4 Å². The van der Waals surface area contributed by atoms with Crippen LogP contribution in [0, 0.1) is 11.8 Å². The van der Waals surface area contributed by atoms with Gasteiger partial charge in [-0.25, -0.2) is 0 Å². The summed E-state index contributed by atoms with van der Waals surface area (Å²) < 4.78 is 0. The van der Waals surface area contributed by atoms with Gasteiger partial charge in [0.1, 0.15) is 17.8 Å². The Morgan fingerprint density at radius 3 is 2.25 bits per heavy atom. The van der Waals surface area contributed by atoms with Gasteiger partial charge in [-0.05, 0) is 49.8 Å². The molecule has 214 valence electrons. The Morgan fingerprint density at radius 2 is 1.62 bits per heavy atom. The number of benzene rings is 2. The summed E-state index contributed by atoms with van der Waals surface area (Å²) in [6, 6.07) is 11.5. The summed E-state index contributed by atoms with van der Waals surface area (Å²) in [5.41, 5.74) is 0.825. The number of phenols is 1. The van der Waals surface area contributed by atoms with Crippen molar-refractivity contribution >= 4 is 23.6 Å². The van der Waals surface area contributed by atoms with Gasteiger partial charge in [0.15, 0.2) is 0 Å². The van der Waals surface area contributed by atoms with Crippen molar-refractivity contribution in [2.75, 3.05) is 7.05 Å². The molecule has 2 fully saturated rings. The van der Waals surface area contributed by atoms with E-state index in [0.717, 1.165) is 24.8 Å². The molecule has 0 aromatic heterocycles. The predicted molar refractivity (Wildman–Crippen MR) is 148 cm³/mol. The monoisotopic (exact) mass is 550 g/mol. The van der Waals surface area contributed by atoms with Crippen LogP contribution in [0.25, 0.3) is 0 Å². The zero-order valence-electron chi connectivity index (χ0n) is 23.0. The van der Waals surface area contributed by atoms with Crippen LogP contribution in [0.2, 0.25) is 0 Å². The van der Waals surface area contributed by atoms with Gasteiger partial charge < -0.3 is 31.1 Å². The lowest BCUT2D eigenvalue weighted by atomic mass is 9.78. The maximum absolute atomic E-state index is 13.8. The van der Waals surface area contributed by atoms with Crippen LogP contribution in [-0.2, 0) is 20.8 Å². The number of aliphatic hydroxyl groups excluding tert-OH is 1. The molecule has 0 spiro atoms. The van der Waals surface area contributed by atoms with Crippen LogP contribution in [0.3, 0.4) is 0 Å². The molecule has 1 heterocycles. The number of likely N-dealkylation sites (N-methyl/N-ethyl adjacent to an activating group) is 1. The molecule has 1 saturated heterocycles. The van der Waals surface area contributed by atoms with E-state index in [9.17, 15) is 29.4 Å². The third kappa shape index (κ3) is 6.28. The summed E-state index contributed by atoms with van der Waals surface area (Å²) in [5.74, 6) is -3.37. The molecule has 2 aromatic rings. The molecule has 2 aromatic carbocycles. The molecule has 1 unspecified atom stereocenters. The summed E-state index contributed by atoms with van der Waals surface area (Å²) in [5, 5.41) is 30.0. The van der Waals surface area contributed by atoms with E-state index in [0.29, 0.717) is 0 Å². The number of carbonyl (C=O) groups is 4. The minimum Gasteiger partial charge on any atom is -0.507 e. The summed E-state index contributed by atoms with van der Waals surface area (Å²) in [4.78, 5) is 55.3. The molecule has 10 heteroatoms. The molecular weight excluding hydrogens is 512 g/mol. The average molecular weight is 551 g/mol. The number of phenolic OH excluding ortho intramolecular Hbond substituents is 1. The highest BCUT2D eigenvalue weighted by atomic mass is 16.3. The zero-order chi connectivity index (χ0) is 29.0. The molecule has 1 aliphatic carbocycles. The number of amides is 4. The van der Waals surface area contributed by atoms with E-state index in [1.807, 2.05) is 30.3 Å². The second-order valence-corrected chi connectivity index (χ2v) is 10.9. The Morgan fingerprint density at radius 1 is 0.975 bits per heavy atom. The van der Waals surface area contributed by atoms with E-state index < -0.39 is 53.9 Å². The van der Waals surface area contributed by atoms with Crippen molar-refractivity contribution in [3.05, 3.63) is 65.7 Å². The standard InChI is InChI=1S/C30H38N4O6/c1-17-26(36)22(16-19-10-5-4-6-11-19)31-29(39)24(32-28(38)21-14-7-8-15-23(21)35)18(2)34(3)30(40)25(33-27(17)37)20-12-9-13-20/h4-8,10-11,14-15,17-18,20,22,24-26,35-36H,9,12-13,16H2,1-3H3,(H,31,39)(H,32,38)(H,33,37)/t17-,18-,22+,24+,25?,26+/m1/s1. The van der Waals surface area contributed by atoms with Crippen molar-refractivity contribution in [2.45, 2.75) is 69.8 Å². The van der Waals surface area contributed by atoms with E-state index in [4.69, 9.17) is 0 Å². The number of hydrogen-bond donors (Lipinski definition) is 5. The molecule has 4 rings (SSSR count). The highest BCUT2D eigenvalue weighted by Crippen LogP contribution is 2.31. The zero-order valence-corrected chi connectivity index (χ0v) is 23.0. The molecular formula is C30H38N4O6. The first-order valence-corrected chi connectivity index (χ1v) is 13.8. The van der Waals surface area contributed by atoms with Crippen molar-refractivity contribution in [3.8, 4) is 5.75 Å². The molecule has 5 N–H and O–H groups in total. The van der Waals surface area contributed by atoms with Crippen molar-refractivity contribution in [3.63, 3.8) is 0 Å². The normalized spacial score (nSPS) is 28.4. The maximum Gasteiger partial charge on any atom is 0.255 e. The Labute approximate surface area is 234 Å². The van der Waals surface area contributed by atoms with Gasteiger partial charge in [0.25, 0.3) is 5.91 Å². The van der Waals surface area contributed by atoms with Gasteiger partial charge in [-0.15, -0.1) is 0 Å². The van der Waals surface area contributed by atoms with E-state index >= 15 is 0 Å². The van der Waals surface area contributed by atoms with Gasteiger partial charge in [0, 0.05) is 7.05 Å². The fourth-order valence-electron chi connectivity index (χ4n) is 5.27. The maximum atomic E-state index is 13.8. The number of para-hydroxylation sites is 1. The Hall–Kier alpha value is -3.92. The molecule has 6 atom stereocenters. The quantitative estimate of drug-likeness (QED) is 0.380. The highest BCUT2D eigenvalue weighted by Gasteiger charge is 2.43. The molecule has 4 amide bonds. The smallest absolute Gasteiger partial charge is 0.255 e. The second kappa shape index (κ2) is 12.5. The third-order valence-corrected chi connectivity index (χ3v) is 8.31. The minimum absolute atomic E-state index is 0.0169. The van der Waals surface area contributed by atoms with Crippen LogP contribution in [0.1, 0.15) is 49.0 Å². The minimum atomic E-state index is -1.27. The predicted octanol–water partition coefficient (Wildman–Crippen LogP) is 1.36. The van der Waals surface area contributed by atoms with Crippen LogP contribution in [-0.4, -0.2) is 76.1 Å². The van der Waals surface area contributed by atoms with Crippen LogP contribution in [0.15, 0.2) is 54.6 Å². The average Bonchev–Trinajstić information content (AvgIpc) is 2.92. The van der Waals surface area contributed by atoms with Gasteiger partial charge in [-0.2, -0.15) is 0 Å². The fourth-order valence-corrected chi connectivity index (χ4v) is 5.27. The number of carbonyl (C=O) groups excluding carboxylic acids is 4. The molecule has 40 heavy (non-hydrogen) atoms. The van der Waals surface area contributed by atoms with Crippen molar-refractivity contribution in [2.24, 2.45) is 11.8 Å². The van der Waals surface area contributed by atoms with E-state index in [2.05, 4.69) is 16.0 Å². The molecule has 1 aliphatic heterocycles. The first kappa shape index (κ1) is 29.1. The fraction of sp³-hybridized carbons (Fsp3) is 0.467. The number of hydrogen-bond acceptors (Lipinski definition) is 6. The summed E-state index contributed by atoms with van der Waals surface area (Å²) in [6.45, 7) is 3.21. The van der Waals surface area contributed by atoms with Crippen molar-refractivity contribution in [1.29, 1.82) is 0 Å². The molecule has 0 radical (unpaired) electrons. The van der Waals surface area contributed by atoms with Crippen LogP contribution >= 0.6 is 0 Å². The van der Waals surface area contributed by atoms with E-state index in [1.165, 1.54) is 17.0 Å². The van der Waals surface area contributed by atoms with Gasteiger partial charge in [-0.3, -0.25) is 19.2 Å². The third-order valence-electron chi connectivity index (χ3n) is 8.31. The molecule has 0 bridgehead atoms. The highest BCUT2D eigenvalue weighted by molar-refractivity contribution is 6.00.